The number of nitrogens with zero attached hydrogens (tertiary/aromatic N) is 2. The summed E-state index contributed by atoms with van der Waals surface area (Å²) in [5, 5.41) is 13.5. The van der Waals surface area contributed by atoms with Crippen molar-refractivity contribution < 1.29 is 0 Å². The lowest BCUT2D eigenvalue weighted by Crippen LogP contribution is -2.24. The van der Waals surface area contributed by atoms with Crippen LogP contribution in [0.2, 0.25) is 5.02 Å². The number of hydrogen-bond acceptors (Lipinski definition) is 3. The highest BCUT2D eigenvalue weighted by atomic mass is 35.5. The average Bonchev–Trinajstić information content (AvgIpc) is 3.31. The average molecular weight is 495 g/mol. The molecule has 0 spiro atoms. The molecule has 1 aliphatic rings. The fourth-order valence-electron chi connectivity index (χ4n) is 4.96. The van der Waals surface area contributed by atoms with Crippen LogP contribution in [0.1, 0.15) is 62.0 Å². The molecule has 0 bridgehead atoms. The van der Waals surface area contributed by atoms with Crippen LogP contribution in [0.3, 0.4) is 0 Å². The van der Waals surface area contributed by atoms with Crippen molar-refractivity contribution in [1.29, 1.82) is 5.26 Å². The molecule has 2 N–H and O–H groups in total. The Bertz CT molecular complexity index is 1460. The normalized spacial score (nSPS) is 14.7. The van der Waals surface area contributed by atoms with Crippen LogP contribution in [-0.2, 0) is 0 Å². The zero-order valence-electron chi connectivity index (χ0n) is 21.0. The number of imidazole rings is 1. The maximum Gasteiger partial charge on any atom is 0.139 e. The fourth-order valence-corrected chi connectivity index (χ4v) is 5.29. The minimum absolute atomic E-state index is 0.364. The zero-order chi connectivity index (χ0) is 25.2. The molecule has 0 saturated carbocycles. The lowest BCUT2D eigenvalue weighted by Gasteiger charge is -2.20. The molecule has 4 nitrogen and oxygen atoms in total. The number of nitrogens with one attached hydrogen (secondary N) is 2. The summed E-state index contributed by atoms with van der Waals surface area (Å²) >= 11 is 6.70. The number of hydrogen-bond donors (Lipinski definition) is 2. The Morgan fingerprint density at radius 2 is 1.72 bits per heavy atom. The van der Waals surface area contributed by atoms with Crippen LogP contribution in [0.4, 0.5) is 0 Å². The van der Waals surface area contributed by atoms with Crippen LogP contribution < -0.4 is 5.32 Å². The first-order chi connectivity index (χ1) is 17.4. The van der Waals surface area contributed by atoms with Crippen LogP contribution in [0.5, 0.6) is 0 Å². The number of aromatic nitrogens is 2. The largest absolute Gasteiger partial charge is 0.338 e. The Labute approximate surface area is 218 Å². The van der Waals surface area contributed by atoms with E-state index in [9.17, 15) is 5.26 Å². The van der Waals surface area contributed by atoms with Crippen LogP contribution in [0.15, 0.2) is 66.2 Å². The number of benzene rings is 3. The molecule has 1 fully saturated rings. The Morgan fingerprint density at radius 3 is 2.42 bits per heavy atom. The zero-order valence-corrected chi connectivity index (χ0v) is 21.8. The summed E-state index contributed by atoms with van der Waals surface area (Å²) in [5.41, 5.74) is 9.62. The summed E-state index contributed by atoms with van der Waals surface area (Å²) in [5.74, 6) is 1.76. The Hall–Kier alpha value is -3.39. The number of halogens is 1. The van der Waals surface area contributed by atoms with Gasteiger partial charge in [0, 0.05) is 10.6 Å². The standard InChI is InChI=1S/C31H31ClN4/c1-19(2)20(3)26-16-28-29(17-27(26)32)36-31(35-28)30(24-11-13-34-14-12-24)23-9-7-22(8-10-23)25-6-4-5-21(15-25)18-33/h4-10,15-17,19-20,34H,11-14H2,1-3H3,(H,35,36). The minimum atomic E-state index is 0.364. The van der Waals surface area contributed by atoms with Gasteiger partial charge in [0.2, 0.25) is 0 Å². The van der Waals surface area contributed by atoms with Gasteiger partial charge in [-0.25, -0.2) is 4.98 Å². The number of fused-ring (bicyclic) bond motifs is 1. The van der Waals surface area contributed by atoms with Gasteiger partial charge in [-0.3, -0.25) is 0 Å². The molecule has 1 saturated heterocycles. The fraction of sp³-hybridized carbons (Fsp3) is 0.290. The molecule has 0 aliphatic carbocycles. The number of nitriles is 1. The summed E-state index contributed by atoms with van der Waals surface area (Å²) < 4.78 is 0. The molecule has 4 aromatic rings. The van der Waals surface area contributed by atoms with Crippen molar-refractivity contribution in [2.75, 3.05) is 13.1 Å². The summed E-state index contributed by atoms with van der Waals surface area (Å²) in [4.78, 5) is 8.65. The molecule has 182 valence electrons. The molecule has 2 heterocycles. The third-order valence-corrected chi connectivity index (χ3v) is 7.71. The van der Waals surface area contributed by atoms with Gasteiger partial charge >= 0.3 is 0 Å². The van der Waals surface area contributed by atoms with E-state index in [4.69, 9.17) is 16.6 Å². The Kier molecular flexibility index (Phi) is 6.96. The van der Waals surface area contributed by atoms with Gasteiger partial charge in [-0.05, 0) is 84.3 Å². The van der Waals surface area contributed by atoms with Gasteiger partial charge in [-0.15, -0.1) is 0 Å². The van der Waals surface area contributed by atoms with E-state index in [-0.39, 0.29) is 0 Å². The molecule has 36 heavy (non-hydrogen) atoms. The Balaban J connectivity index is 1.58. The molecule has 5 rings (SSSR count). The maximum atomic E-state index is 9.27. The second-order valence-electron chi connectivity index (χ2n) is 10.0. The van der Waals surface area contributed by atoms with Crippen LogP contribution in [0, 0.1) is 17.2 Å². The smallest absolute Gasteiger partial charge is 0.139 e. The molecule has 1 aliphatic heterocycles. The first kappa shape index (κ1) is 24.3. The molecule has 5 heteroatoms. The minimum Gasteiger partial charge on any atom is -0.338 e. The highest BCUT2D eigenvalue weighted by Gasteiger charge is 2.20. The molecule has 0 amide bonds. The van der Waals surface area contributed by atoms with E-state index in [1.807, 2.05) is 30.3 Å². The molecule has 3 aromatic carbocycles. The van der Waals surface area contributed by atoms with Crippen LogP contribution in [-0.4, -0.2) is 23.1 Å². The van der Waals surface area contributed by atoms with Crippen LogP contribution in [0.25, 0.3) is 27.7 Å². The monoisotopic (exact) mass is 494 g/mol. The first-order valence-electron chi connectivity index (χ1n) is 12.7. The second kappa shape index (κ2) is 10.3. The highest BCUT2D eigenvalue weighted by Crippen LogP contribution is 2.36. The van der Waals surface area contributed by atoms with E-state index in [2.05, 4.69) is 67.5 Å². The molecular formula is C31H31ClN4. The lowest BCUT2D eigenvalue weighted by molar-refractivity contribution is 0.535. The summed E-state index contributed by atoms with van der Waals surface area (Å²) in [6, 6.07) is 22.8. The topological polar surface area (TPSA) is 64.5 Å². The third kappa shape index (κ3) is 4.82. The highest BCUT2D eigenvalue weighted by molar-refractivity contribution is 6.32. The van der Waals surface area contributed by atoms with E-state index >= 15 is 0 Å². The van der Waals surface area contributed by atoms with Gasteiger partial charge in [0.25, 0.3) is 0 Å². The van der Waals surface area contributed by atoms with E-state index in [1.54, 1.807) is 0 Å². The van der Waals surface area contributed by atoms with Gasteiger partial charge in [-0.2, -0.15) is 5.26 Å². The van der Waals surface area contributed by atoms with Crippen molar-refractivity contribution in [1.82, 2.24) is 15.3 Å². The molecule has 1 aromatic heterocycles. The third-order valence-electron chi connectivity index (χ3n) is 7.39. The van der Waals surface area contributed by atoms with Crippen molar-refractivity contribution in [2.45, 2.75) is 39.5 Å². The van der Waals surface area contributed by atoms with E-state index < -0.39 is 0 Å². The molecule has 1 unspecified atom stereocenters. The van der Waals surface area contributed by atoms with E-state index in [0.717, 1.165) is 70.1 Å². The van der Waals surface area contributed by atoms with Crippen molar-refractivity contribution >= 4 is 28.2 Å². The van der Waals surface area contributed by atoms with Gasteiger partial charge < -0.3 is 10.3 Å². The summed E-state index contributed by atoms with van der Waals surface area (Å²) in [6.45, 7) is 8.62. The number of piperidine rings is 1. The second-order valence-corrected chi connectivity index (χ2v) is 10.4. The summed E-state index contributed by atoms with van der Waals surface area (Å²) in [6.07, 6.45) is 1.99. The van der Waals surface area contributed by atoms with Crippen LogP contribution >= 0.6 is 11.6 Å². The predicted molar refractivity (Wildman–Crippen MR) is 149 cm³/mol. The SMILES string of the molecule is CC(C)C(C)c1cc2[nH]c(C(=C3CCNCC3)c3ccc(-c4cccc(C#N)c4)cc3)nc2cc1Cl. The van der Waals surface area contributed by atoms with Crippen molar-refractivity contribution in [3.05, 3.63) is 93.8 Å². The number of aromatic amines is 1. The van der Waals surface area contributed by atoms with Gasteiger partial charge in [0.05, 0.1) is 22.7 Å². The molecule has 1 atom stereocenters. The van der Waals surface area contributed by atoms with Crippen molar-refractivity contribution in [3.8, 4) is 17.2 Å². The lowest BCUT2D eigenvalue weighted by atomic mass is 9.90. The number of rotatable bonds is 5. The number of H-pyrrole nitrogens is 1. The molecular weight excluding hydrogens is 464 g/mol. The molecule has 0 radical (unpaired) electrons. The Morgan fingerprint density at radius 1 is 0.972 bits per heavy atom. The summed E-state index contributed by atoms with van der Waals surface area (Å²) in [7, 11) is 0. The predicted octanol–water partition coefficient (Wildman–Crippen LogP) is 7.70. The first-order valence-corrected chi connectivity index (χ1v) is 13.1. The van der Waals surface area contributed by atoms with Crippen molar-refractivity contribution in [3.63, 3.8) is 0 Å². The van der Waals surface area contributed by atoms with Gasteiger partial charge in [0.15, 0.2) is 0 Å². The van der Waals surface area contributed by atoms with Crippen molar-refractivity contribution in [2.24, 2.45) is 5.92 Å². The maximum absolute atomic E-state index is 9.27. The van der Waals surface area contributed by atoms with E-state index in [0.29, 0.717) is 17.4 Å². The van der Waals surface area contributed by atoms with Gasteiger partial charge in [-0.1, -0.05) is 74.3 Å². The van der Waals surface area contributed by atoms with Gasteiger partial charge in [0.1, 0.15) is 5.82 Å². The quantitative estimate of drug-likeness (QED) is 0.298. The van der Waals surface area contributed by atoms with E-state index in [1.165, 1.54) is 11.1 Å².